The van der Waals surface area contributed by atoms with E-state index in [0.29, 0.717) is 5.75 Å². The van der Waals surface area contributed by atoms with Crippen LogP contribution in [0.25, 0.3) is 22.7 Å². The lowest BCUT2D eigenvalue weighted by atomic mass is 10.0. The van der Waals surface area contributed by atoms with Crippen molar-refractivity contribution in [1.82, 2.24) is 4.57 Å². The molecular weight excluding hydrogens is 402 g/mol. The number of aliphatic hydroxyl groups is 1. The van der Waals surface area contributed by atoms with E-state index < -0.39 is 5.97 Å². The molecule has 5 heteroatoms. The molecule has 1 aromatic heterocycles. The normalized spacial score (nSPS) is 11.3. The summed E-state index contributed by atoms with van der Waals surface area (Å²) in [7, 11) is 0. The molecule has 0 amide bonds. The summed E-state index contributed by atoms with van der Waals surface area (Å²) in [4.78, 5) is 10.9. The fraction of sp³-hybridized carbons (Fsp3) is 0.148. The summed E-state index contributed by atoms with van der Waals surface area (Å²) in [5, 5.41) is 19.0. The first-order valence-corrected chi connectivity index (χ1v) is 10.6. The number of aromatic nitrogens is 1. The standard InChI is InChI=1S/C27H25NO4/c29-16-17-32-24-12-10-23(11-13-24)28-19-22(9-6-20-4-2-1-3-5-20)25-18-21(7-14-26(25)28)8-15-27(30)31/h1-5,7-8,10-15,18-19,29H,6,9,16-17H2,(H,30,31)/b15-8+. The summed E-state index contributed by atoms with van der Waals surface area (Å²) in [6, 6.07) is 24.1. The van der Waals surface area contributed by atoms with E-state index >= 15 is 0 Å². The van der Waals surface area contributed by atoms with E-state index in [4.69, 9.17) is 14.9 Å². The van der Waals surface area contributed by atoms with Gasteiger partial charge in [0.25, 0.3) is 0 Å². The Morgan fingerprint density at radius 2 is 1.75 bits per heavy atom. The third kappa shape index (κ3) is 5.07. The molecule has 32 heavy (non-hydrogen) atoms. The van der Waals surface area contributed by atoms with Crippen molar-refractivity contribution in [3.05, 3.63) is 102 Å². The Labute approximate surface area is 186 Å². The molecule has 4 aromatic rings. The van der Waals surface area contributed by atoms with Crippen LogP contribution in [0, 0.1) is 0 Å². The Hall–Kier alpha value is -3.83. The van der Waals surface area contributed by atoms with E-state index in [1.54, 1.807) is 6.08 Å². The molecule has 4 rings (SSSR count). The predicted molar refractivity (Wildman–Crippen MR) is 126 cm³/mol. The predicted octanol–water partition coefficient (Wildman–Crippen LogP) is 4.88. The van der Waals surface area contributed by atoms with Crippen LogP contribution in [0.1, 0.15) is 16.7 Å². The molecule has 3 aromatic carbocycles. The number of ether oxygens (including phenoxy) is 1. The van der Waals surface area contributed by atoms with Crippen molar-refractivity contribution in [1.29, 1.82) is 0 Å². The van der Waals surface area contributed by atoms with E-state index in [2.05, 4.69) is 22.9 Å². The summed E-state index contributed by atoms with van der Waals surface area (Å²) in [5.41, 5.74) is 5.40. The zero-order valence-electron chi connectivity index (χ0n) is 17.6. The number of nitrogens with zero attached hydrogens (tertiary/aromatic N) is 1. The number of hydrogen-bond donors (Lipinski definition) is 2. The SMILES string of the molecule is O=C(O)/C=C/c1ccc2c(c1)c(CCc1ccccc1)cn2-c1ccc(OCCO)cc1. The van der Waals surface area contributed by atoms with E-state index in [1.165, 1.54) is 11.1 Å². The second kappa shape index (κ2) is 9.98. The minimum Gasteiger partial charge on any atom is -0.491 e. The molecule has 0 spiro atoms. The van der Waals surface area contributed by atoms with Crippen molar-refractivity contribution in [3.8, 4) is 11.4 Å². The van der Waals surface area contributed by atoms with Gasteiger partial charge in [-0.15, -0.1) is 0 Å². The van der Waals surface area contributed by atoms with Gasteiger partial charge in [0.15, 0.2) is 0 Å². The highest BCUT2D eigenvalue weighted by molar-refractivity contribution is 5.90. The fourth-order valence-corrected chi connectivity index (χ4v) is 3.79. The van der Waals surface area contributed by atoms with E-state index in [9.17, 15) is 4.79 Å². The number of hydrogen-bond acceptors (Lipinski definition) is 3. The molecule has 2 N–H and O–H groups in total. The smallest absolute Gasteiger partial charge is 0.328 e. The minimum absolute atomic E-state index is 0.0204. The average Bonchev–Trinajstić information content (AvgIpc) is 3.19. The molecule has 0 fully saturated rings. The number of carbonyl (C=O) groups is 1. The maximum atomic E-state index is 10.9. The van der Waals surface area contributed by atoms with Crippen LogP contribution in [-0.2, 0) is 17.6 Å². The number of aryl methyl sites for hydroxylation is 2. The lowest BCUT2D eigenvalue weighted by molar-refractivity contribution is -0.131. The average molecular weight is 428 g/mol. The zero-order chi connectivity index (χ0) is 22.3. The van der Waals surface area contributed by atoms with Crippen LogP contribution in [0.3, 0.4) is 0 Å². The van der Waals surface area contributed by atoms with Gasteiger partial charge in [-0.2, -0.15) is 0 Å². The maximum absolute atomic E-state index is 10.9. The number of carboxylic acids is 1. The van der Waals surface area contributed by atoms with Crippen LogP contribution >= 0.6 is 0 Å². The number of benzene rings is 3. The highest BCUT2D eigenvalue weighted by Gasteiger charge is 2.11. The second-order valence-corrected chi connectivity index (χ2v) is 7.52. The molecule has 0 aliphatic rings. The summed E-state index contributed by atoms with van der Waals surface area (Å²) >= 11 is 0. The largest absolute Gasteiger partial charge is 0.491 e. The van der Waals surface area contributed by atoms with Gasteiger partial charge < -0.3 is 19.5 Å². The Bertz CT molecular complexity index is 1220. The maximum Gasteiger partial charge on any atom is 0.328 e. The van der Waals surface area contributed by atoms with Gasteiger partial charge in [0.2, 0.25) is 0 Å². The summed E-state index contributed by atoms with van der Waals surface area (Å²) in [6.07, 6.45) is 6.72. The molecule has 0 aliphatic carbocycles. The van der Waals surface area contributed by atoms with Crippen LogP contribution < -0.4 is 4.74 Å². The van der Waals surface area contributed by atoms with Crippen molar-refractivity contribution in [2.75, 3.05) is 13.2 Å². The van der Waals surface area contributed by atoms with Gasteiger partial charge in [-0.1, -0.05) is 36.4 Å². The first kappa shape index (κ1) is 21.4. The van der Waals surface area contributed by atoms with Gasteiger partial charge in [0.1, 0.15) is 12.4 Å². The van der Waals surface area contributed by atoms with Gasteiger partial charge in [-0.25, -0.2) is 4.79 Å². The lowest BCUT2D eigenvalue weighted by Gasteiger charge is -2.08. The van der Waals surface area contributed by atoms with Crippen molar-refractivity contribution < 1.29 is 19.7 Å². The molecule has 0 bridgehead atoms. The molecule has 162 valence electrons. The number of aliphatic carboxylic acids is 1. The Kier molecular flexibility index (Phi) is 6.68. The summed E-state index contributed by atoms with van der Waals surface area (Å²) < 4.78 is 7.62. The Balaban J connectivity index is 1.71. The van der Waals surface area contributed by atoms with Gasteiger partial charge in [-0.05, 0) is 72.0 Å². The minimum atomic E-state index is -0.963. The first-order valence-electron chi connectivity index (χ1n) is 10.6. The van der Waals surface area contributed by atoms with Crippen molar-refractivity contribution in [3.63, 3.8) is 0 Å². The molecular formula is C27H25NO4. The van der Waals surface area contributed by atoms with Crippen molar-refractivity contribution in [2.45, 2.75) is 12.8 Å². The Morgan fingerprint density at radius 1 is 0.969 bits per heavy atom. The fourth-order valence-electron chi connectivity index (χ4n) is 3.79. The zero-order valence-corrected chi connectivity index (χ0v) is 17.6. The molecule has 0 aliphatic heterocycles. The molecule has 0 unspecified atom stereocenters. The highest BCUT2D eigenvalue weighted by Crippen LogP contribution is 2.28. The molecule has 0 atom stereocenters. The van der Waals surface area contributed by atoms with Crippen LogP contribution in [0.2, 0.25) is 0 Å². The Morgan fingerprint density at radius 3 is 2.47 bits per heavy atom. The van der Waals surface area contributed by atoms with Crippen LogP contribution in [-0.4, -0.2) is 34.0 Å². The van der Waals surface area contributed by atoms with Gasteiger partial charge in [0, 0.05) is 23.3 Å². The summed E-state index contributed by atoms with van der Waals surface area (Å²) in [6.45, 7) is 0.246. The van der Waals surface area contributed by atoms with Crippen molar-refractivity contribution >= 4 is 22.9 Å². The molecule has 0 saturated heterocycles. The second-order valence-electron chi connectivity index (χ2n) is 7.52. The number of fused-ring (bicyclic) bond motifs is 1. The molecule has 0 radical (unpaired) electrons. The lowest BCUT2D eigenvalue weighted by Crippen LogP contribution is -2.01. The highest BCUT2D eigenvalue weighted by atomic mass is 16.5. The van der Waals surface area contributed by atoms with E-state index in [1.807, 2.05) is 60.7 Å². The number of carboxylic acid groups (broad SMARTS) is 1. The third-order valence-electron chi connectivity index (χ3n) is 5.33. The van der Waals surface area contributed by atoms with Gasteiger partial charge in [-0.3, -0.25) is 0 Å². The van der Waals surface area contributed by atoms with Crippen LogP contribution in [0.4, 0.5) is 0 Å². The van der Waals surface area contributed by atoms with Crippen molar-refractivity contribution in [2.24, 2.45) is 0 Å². The topological polar surface area (TPSA) is 71.7 Å². The quantitative estimate of drug-likeness (QED) is 0.373. The van der Waals surface area contributed by atoms with E-state index in [-0.39, 0.29) is 13.2 Å². The molecule has 0 saturated carbocycles. The van der Waals surface area contributed by atoms with Crippen LogP contribution in [0.5, 0.6) is 5.75 Å². The number of rotatable bonds is 9. The first-order chi connectivity index (χ1) is 15.6. The number of aliphatic hydroxyl groups excluding tert-OH is 1. The van der Waals surface area contributed by atoms with E-state index in [0.717, 1.165) is 41.1 Å². The molecule has 1 heterocycles. The van der Waals surface area contributed by atoms with Gasteiger partial charge in [0.05, 0.1) is 12.1 Å². The third-order valence-corrected chi connectivity index (χ3v) is 5.33. The summed E-state index contributed by atoms with van der Waals surface area (Å²) in [5.74, 6) is -0.250. The monoisotopic (exact) mass is 427 g/mol. The molecule has 5 nitrogen and oxygen atoms in total. The van der Waals surface area contributed by atoms with Crippen LogP contribution in [0.15, 0.2) is 85.1 Å². The van der Waals surface area contributed by atoms with Gasteiger partial charge >= 0.3 is 5.97 Å².